The Morgan fingerprint density at radius 2 is 1.95 bits per heavy atom. The number of aromatic nitrogens is 2. The van der Waals surface area contributed by atoms with Gasteiger partial charge < -0.3 is 14.6 Å². The molecule has 106 valence electrons. The van der Waals surface area contributed by atoms with Gasteiger partial charge in [0.1, 0.15) is 17.2 Å². The zero-order chi connectivity index (χ0) is 14.9. The molecule has 0 aliphatic rings. The van der Waals surface area contributed by atoms with Crippen molar-refractivity contribution in [3.63, 3.8) is 0 Å². The summed E-state index contributed by atoms with van der Waals surface area (Å²) in [6.45, 7) is 1.86. The minimum Gasteiger partial charge on any atom is -0.496 e. The SMILES string of the molecule is COc1c(Br)cc(-c2cc(C(=O)O)[nH]n2)c(OC)c1C. The molecule has 2 aromatic rings. The van der Waals surface area contributed by atoms with Crippen LogP contribution in [-0.4, -0.2) is 35.5 Å². The van der Waals surface area contributed by atoms with Crippen molar-refractivity contribution >= 4 is 21.9 Å². The van der Waals surface area contributed by atoms with E-state index in [1.165, 1.54) is 6.07 Å². The van der Waals surface area contributed by atoms with E-state index in [1.54, 1.807) is 20.3 Å². The van der Waals surface area contributed by atoms with Crippen LogP contribution >= 0.6 is 15.9 Å². The zero-order valence-electron chi connectivity index (χ0n) is 11.2. The molecule has 1 aromatic carbocycles. The minimum atomic E-state index is -1.06. The molecule has 0 saturated heterocycles. The molecule has 1 heterocycles. The summed E-state index contributed by atoms with van der Waals surface area (Å²) in [6, 6.07) is 3.24. The normalized spacial score (nSPS) is 10.4. The van der Waals surface area contributed by atoms with Crippen molar-refractivity contribution in [2.24, 2.45) is 0 Å². The van der Waals surface area contributed by atoms with E-state index < -0.39 is 5.97 Å². The quantitative estimate of drug-likeness (QED) is 0.893. The summed E-state index contributed by atoms with van der Waals surface area (Å²) in [5.74, 6) is 0.195. The van der Waals surface area contributed by atoms with E-state index >= 15 is 0 Å². The van der Waals surface area contributed by atoms with Crippen molar-refractivity contribution in [2.45, 2.75) is 6.92 Å². The Hall–Kier alpha value is -2.02. The van der Waals surface area contributed by atoms with E-state index in [2.05, 4.69) is 26.1 Å². The van der Waals surface area contributed by atoms with Crippen LogP contribution in [0, 0.1) is 6.92 Å². The summed E-state index contributed by atoms with van der Waals surface area (Å²) in [4.78, 5) is 10.9. The lowest BCUT2D eigenvalue weighted by atomic mass is 10.1. The first-order chi connectivity index (χ1) is 9.49. The molecule has 0 fully saturated rings. The van der Waals surface area contributed by atoms with Crippen molar-refractivity contribution in [3.8, 4) is 22.8 Å². The fourth-order valence-electron chi connectivity index (χ4n) is 2.02. The predicted octanol–water partition coefficient (Wildman–Crippen LogP) is 2.86. The van der Waals surface area contributed by atoms with E-state index in [4.69, 9.17) is 14.6 Å². The van der Waals surface area contributed by atoms with Crippen molar-refractivity contribution in [1.82, 2.24) is 10.2 Å². The number of carbonyl (C=O) groups is 1. The van der Waals surface area contributed by atoms with E-state index in [-0.39, 0.29) is 5.69 Å². The molecule has 2 rings (SSSR count). The van der Waals surface area contributed by atoms with E-state index in [0.717, 1.165) is 10.0 Å². The van der Waals surface area contributed by atoms with Gasteiger partial charge in [0.2, 0.25) is 0 Å². The Kier molecular flexibility index (Phi) is 3.99. The number of hydrogen-bond donors (Lipinski definition) is 2. The number of aromatic carboxylic acids is 1. The molecule has 0 unspecified atom stereocenters. The van der Waals surface area contributed by atoms with Crippen LogP contribution in [0.25, 0.3) is 11.3 Å². The Morgan fingerprint density at radius 1 is 1.30 bits per heavy atom. The number of nitrogens with one attached hydrogen (secondary N) is 1. The number of hydrogen-bond acceptors (Lipinski definition) is 4. The number of aromatic amines is 1. The summed E-state index contributed by atoms with van der Waals surface area (Å²) < 4.78 is 11.4. The molecule has 6 nitrogen and oxygen atoms in total. The Morgan fingerprint density at radius 3 is 2.45 bits per heavy atom. The summed E-state index contributed by atoms with van der Waals surface area (Å²) in [5.41, 5.74) is 2.00. The number of ether oxygens (including phenoxy) is 2. The highest BCUT2D eigenvalue weighted by atomic mass is 79.9. The number of halogens is 1. The van der Waals surface area contributed by atoms with Crippen LogP contribution in [0.4, 0.5) is 0 Å². The predicted molar refractivity (Wildman–Crippen MR) is 76.5 cm³/mol. The number of nitrogens with zero attached hydrogens (tertiary/aromatic N) is 1. The monoisotopic (exact) mass is 340 g/mol. The average Bonchev–Trinajstić information content (AvgIpc) is 2.88. The lowest BCUT2D eigenvalue weighted by Crippen LogP contribution is -1.96. The molecular formula is C13H13BrN2O4. The fraction of sp³-hybridized carbons (Fsp3) is 0.231. The topological polar surface area (TPSA) is 84.4 Å². The summed E-state index contributed by atoms with van der Waals surface area (Å²) in [7, 11) is 3.12. The van der Waals surface area contributed by atoms with Crippen LogP contribution in [0.5, 0.6) is 11.5 Å². The van der Waals surface area contributed by atoms with Gasteiger partial charge in [0.05, 0.1) is 24.4 Å². The molecule has 7 heteroatoms. The second-order valence-electron chi connectivity index (χ2n) is 4.07. The number of methoxy groups -OCH3 is 2. The van der Waals surface area contributed by atoms with E-state index in [9.17, 15) is 4.79 Å². The standard InChI is InChI=1S/C13H13BrN2O4/c1-6-11(19-2)7(4-8(14)12(6)20-3)9-5-10(13(17)18)16-15-9/h4-5H,1-3H3,(H,15,16)(H,17,18). The molecule has 0 saturated carbocycles. The molecule has 2 N–H and O–H groups in total. The highest BCUT2D eigenvalue weighted by molar-refractivity contribution is 9.10. The van der Waals surface area contributed by atoms with Crippen LogP contribution in [0.2, 0.25) is 0 Å². The van der Waals surface area contributed by atoms with Crippen molar-refractivity contribution in [1.29, 1.82) is 0 Å². The number of carboxylic acids is 1. The molecule has 0 aliphatic heterocycles. The highest BCUT2D eigenvalue weighted by Crippen LogP contribution is 2.42. The summed E-state index contributed by atoms with van der Waals surface area (Å²) >= 11 is 3.42. The molecule has 0 atom stereocenters. The highest BCUT2D eigenvalue weighted by Gasteiger charge is 2.19. The third kappa shape index (κ3) is 2.36. The van der Waals surface area contributed by atoms with E-state index in [0.29, 0.717) is 22.8 Å². The average molecular weight is 341 g/mol. The molecule has 0 radical (unpaired) electrons. The maximum absolute atomic E-state index is 10.9. The minimum absolute atomic E-state index is 0.0200. The maximum Gasteiger partial charge on any atom is 0.353 e. The van der Waals surface area contributed by atoms with Crippen LogP contribution in [0.15, 0.2) is 16.6 Å². The van der Waals surface area contributed by atoms with Gasteiger partial charge in [0.25, 0.3) is 0 Å². The lowest BCUT2D eigenvalue weighted by molar-refractivity contribution is 0.0690. The molecule has 0 bridgehead atoms. The van der Waals surface area contributed by atoms with Crippen LogP contribution in [-0.2, 0) is 0 Å². The second-order valence-corrected chi connectivity index (χ2v) is 4.92. The van der Waals surface area contributed by atoms with Crippen molar-refractivity contribution in [2.75, 3.05) is 14.2 Å². The van der Waals surface area contributed by atoms with Crippen LogP contribution in [0.3, 0.4) is 0 Å². The third-order valence-corrected chi connectivity index (χ3v) is 3.50. The van der Waals surface area contributed by atoms with Crippen LogP contribution < -0.4 is 9.47 Å². The third-order valence-electron chi connectivity index (χ3n) is 2.91. The fourth-order valence-corrected chi connectivity index (χ4v) is 2.70. The number of benzene rings is 1. The van der Waals surface area contributed by atoms with Gasteiger partial charge in [-0.2, -0.15) is 5.10 Å². The first-order valence-corrected chi connectivity index (χ1v) is 6.49. The molecule has 0 aliphatic carbocycles. The Labute approximate surface area is 123 Å². The molecule has 20 heavy (non-hydrogen) atoms. The van der Waals surface area contributed by atoms with Gasteiger partial charge >= 0.3 is 5.97 Å². The number of H-pyrrole nitrogens is 1. The largest absolute Gasteiger partial charge is 0.496 e. The first-order valence-electron chi connectivity index (χ1n) is 5.69. The second kappa shape index (κ2) is 5.54. The first kappa shape index (κ1) is 14.4. The zero-order valence-corrected chi connectivity index (χ0v) is 12.7. The lowest BCUT2D eigenvalue weighted by Gasteiger charge is -2.15. The van der Waals surface area contributed by atoms with Gasteiger partial charge in [-0.1, -0.05) is 0 Å². The van der Waals surface area contributed by atoms with Gasteiger partial charge in [-0.25, -0.2) is 4.79 Å². The number of carboxylic acid groups (broad SMARTS) is 1. The van der Waals surface area contributed by atoms with Gasteiger partial charge in [-0.15, -0.1) is 0 Å². The van der Waals surface area contributed by atoms with E-state index in [1.807, 2.05) is 6.92 Å². The summed E-state index contributed by atoms with van der Waals surface area (Å²) in [5, 5.41) is 15.4. The van der Waals surface area contributed by atoms with Crippen LogP contribution in [0.1, 0.15) is 16.1 Å². The summed E-state index contributed by atoms with van der Waals surface area (Å²) in [6.07, 6.45) is 0. The van der Waals surface area contributed by atoms with Gasteiger partial charge in [-0.3, -0.25) is 5.10 Å². The van der Waals surface area contributed by atoms with Gasteiger partial charge in [0.15, 0.2) is 0 Å². The number of rotatable bonds is 4. The molecule has 1 aromatic heterocycles. The molecule has 0 amide bonds. The van der Waals surface area contributed by atoms with Gasteiger partial charge in [0, 0.05) is 11.1 Å². The Bertz CT molecular complexity index is 667. The Balaban J connectivity index is 2.63. The molecule has 0 spiro atoms. The van der Waals surface area contributed by atoms with Crippen molar-refractivity contribution < 1.29 is 19.4 Å². The molecular weight excluding hydrogens is 328 g/mol. The maximum atomic E-state index is 10.9. The van der Waals surface area contributed by atoms with Crippen molar-refractivity contribution in [3.05, 3.63) is 27.9 Å². The smallest absolute Gasteiger partial charge is 0.353 e. The van der Waals surface area contributed by atoms with Gasteiger partial charge in [-0.05, 0) is 35.0 Å².